The number of amides is 2. The fourth-order valence-electron chi connectivity index (χ4n) is 2.82. The van der Waals surface area contributed by atoms with Crippen LogP contribution in [0.4, 0.5) is 0 Å². The lowest BCUT2D eigenvalue weighted by atomic mass is 10.1. The van der Waals surface area contributed by atoms with Crippen LogP contribution in [0.3, 0.4) is 0 Å². The Labute approximate surface area is 147 Å². The van der Waals surface area contributed by atoms with Crippen LogP contribution in [0.2, 0.25) is 0 Å². The summed E-state index contributed by atoms with van der Waals surface area (Å²) < 4.78 is 5.21. The molecule has 0 aromatic heterocycles. The van der Waals surface area contributed by atoms with Crippen LogP contribution in [0.25, 0.3) is 0 Å². The third kappa shape index (κ3) is 4.68. The molecular weight excluding hydrogens is 320 g/mol. The third-order valence-corrected chi connectivity index (χ3v) is 4.32. The Balaban J connectivity index is 1.94. The summed E-state index contributed by atoms with van der Waals surface area (Å²) >= 11 is 0. The molecule has 25 heavy (non-hydrogen) atoms. The molecule has 0 saturated carbocycles. The Morgan fingerprint density at radius 3 is 2.68 bits per heavy atom. The number of nitrogens with one attached hydrogen (secondary N) is 1. The summed E-state index contributed by atoms with van der Waals surface area (Å²) in [5, 5.41) is 2.57. The van der Waals surface area contributed by atoms with Crippen molar-refractivity contribution in [3.05, 3.63) is 48.6 Å². The molecule has 1 aromatic carbocycles. The fraction of sp³-hybridized carbons (Fsp3) is 0.421. The maximum absolute atomic E-state index is 12.3. The van der Waals surface area contributed by atoms with Gasteiger partial charge in [0.25, 0.3) is 5.91 Å². The molecule has 0 bridgehead atoms. The van der Waals surface area contributed by atoms with Crippen molar-refractivity contribution in [1.82, 2.24) is 10.2 Å². The Hall–Kier alpha value is -2.63. The minimum atomic E-state index is -0.900. The zero-order chi connectivity index (χ0) is 18.4. The minimum absolute atomic E-state index is 0.0814. The van der Waals surface area contributed by atoms with Crippen molar-refractivity contribution < 1.29 is 19.1 Å². The lowest BCUT2D eigenvalue weighted by molar-refractivity contribution is -0.158. The van der Waals surface area contributed by atoms with Crippen LogP contribution in [0.15, 0.2) is 43.0 Å². The standard InChI is InChI=1S/C19H24N2O4/c1-4-10-20-18(23)14(3)25-19(24)16-11-17(22)21(12-16)13(2)15-8-6-5-7-9-15/h4-9,13-14,16H,1,10-12H2,2-3H3,(H,20,23)/t13-,14-,16-/m0/s1. The lowest BCUT2D eigenvalue weighted by Gasteiger charge is -2.25. The Morgan fingerprint density at radius 1 is 1.36 bits per heavy atom. The quantitative estimate of drug-likeness (QED) is 0.605. The van der Waals surface area contributed by atoms with E-state index in [1.54, 1.807) is 11.0 Å². The van der Waals surface area contributed by atoms with Crippen molar-refractivity contribution in [3.63, 3.8) is 0 Å². The second kappa shape index (κ2) is 8.46. The molecule has 1 fully saturated rings. The molecule has 1 aliphatic rings. The Bertz CT molecular complexity index is 644. The molecule has 6 nitrogen and oxygen atoms in total. The molecule has 6 heteroatoms. The number of carbonyl (C=O) groups is 3. The summed E-state index contributed by atoms with van der Waals surface area (Å²) in [6.07, 6.45) is 0.755. The molecule has 2 rings (SSSR count). The summed E-state index contributed by atoms with van der Waals surface area (Å²) in [6, 6.07) is 9.55. The zero-order valence-corrected chi connectivity index (χ0v) is 14.6. The number of nitrogens with zero attached hydrogens (tertiary/aromatic N) is 1. The maximum atomic E-state index is 12.3. The van der Waals surface area contributed by atoms with E-state index in [0.717, 1.165) is 5.56 Å². The first-order valence-electron chi connectivity index (χ1n) is 8.37. The van der Waals surface area contributed by atoms with Crippen LogP contribution >= 0.6 is 0 Å². The van der Waals surface area contributed by atoms with Crippen LogP contribution in [0, 0.1) is 5.92 Å². The van der Waals surface area contributed by atoms with E-state index in [1.807, 2.05) is 37.3 Å². The number of hydrogen-bond donors (Lipinski definition) is 1. The molecule has 0 radical (unpaired) electrons. The van der Waals surface area contributed by atoms with Gasteiger partial charge in [-0.05, 0) is 19.4 Å². The van der Waals surface area contributed by atoms with Crippen LogP contribution in [-0.4, -0.2) is 41.9 Å². The molecule has 0 spiro atoms. The number of likely N-dealkylation sites (tertiary alicyclic amines) is 1. The van der Waals surface area contributed by atoms with Crippen LogP contribution in [-0.2, 0) is 19.1 Å². The minimum Gasteiger partial charge on any atom is -0.452 e. The highest BCUT2D eigenvalue weighted by Crippen LogP contribution is 2.29. The van der Waals surface area contributed by atoms with Gasteiger partial charge in [0.15, 0.2) is 6.10 Å². The second-order valence-electron chi connectivity index (χ2n) is 6.15. The number of hydrogen-bond acceptors (Lipinski definition) is 4. The van der Waals surface area contributed by atoms with E-state index in [-0.39, 0.29) is 24.3 Å². The summed E-state index contributed by atoms with van der Waals surface area (Å²) in [6.45, 7) is 7.57. The van der Waals surface area contributed by atoms with Crippen molar-refractivity contribution in [1.29, 1.82) is 0 Å². The molecule has 2 amide bonds. The van der Waals surface area contributed by atoms with Gasteiger partial charge in [0.05, 0.1) is 12.0 Å². The van der Waals surface area contributed by atoms with Gasteiger partial charge in [0.1, 0.15) is 0 Å². The van der Waals surface area contributed by atoms with Crippen LogP contribution in [0.5, 0.6) is 0 Å². The van der Waals surface area contributed by atoms with Gasteiger partial charge >= 0.3 is 5.97 Å². The highest BCUT2D eigenvalue weighted by molar-refractivity contribution is 5.89. The molecular formula is C19H24N2O4. The first-order valence-corrected chi connectivity index (χ1v) is 8.37. The van der Waals surface area contributed by atoms with Gasteiger partial charge in [-0.1, -0.05) is 36.4 Å². The van der Waals surface area contributed by atoms with Crippen LogP contribution in [0.1, 0.15) is 31.9 Å². The highest BCUT2D eigenvalue weighted by Gasteiger charge is 2.38. The topological polar surface area (TPSA) is 75.7 Å². The van der Waals surface area contributed by atoms with Crippen LogP contribution < -0.4 is 5.32 Å². The molecule has 1 aromatic rings. The van der Waals surface area contributed by atoms with Crippen molar-refractivity contribution in [2.45, 2.75) is 32.4 Å². The van der Waals surface area contributed by atoms with Gasteiger partial charge in [-0.15, -0.1) is 6.58 Å². The molecule has 134 valence electrons. The van der Waals surface area contributed by atoms with Gasteiger partial charge in [-0.3, -0.25) is 14.4 Å². The van der Waals surface area contributed by atoms with Gasteiger partial charge in [0, 0.05) is 19.5 Å². The Morgan fingerprint density at radius 2 is 2.04 bits per heavy atom. The first kappa shape index (κ1) is 18.7. The van der Waals surface area contributed by atoms with E-state index < -0.39 is 18.0 Å². The predicted molar refractivity (Wildman–Crippen MR) is 93.4 cm³/mol. The summed E-state index contributed by atoms with van der Waals surface area (Å²) in [7, 11) is 0. The molecule has 0 aliphatic carbocycles. The van der Waals surface area contributed by atoms with E-state index in [1.165, 1.54) is 6.92 Å². The summed E-state index contributed by atoms with van der Waals surface area (Å²) in [4.78, 5) is 38.0. The SMILES string of the molecule is C=CCNC(=O)[C@H](C)OC(=O)[C@H]1CC(=O)N([C@@H](C)c2ccccc2)C1. The lowest BCUT2D eigenvalue weighted by Crippen LogP contribution is -2.37. The summed E-state index contributed by atoms with van der Waals surface area (Å²) in [5.41, 5.74) is 1.02. The van der Waals surface area contributed by atoms with Gasteiger partial charge in [-0.25, -0.2) is 0 Å². The molecule has 1 saturated heterocycles. The second-order valence-corrected chi connectivity index (χ2v) is 6.15. The zero-order valence-electron chi connectivity index (χ0n) is 14.6. The monoisotopic (exact) mass is 344 g/mol. The average molecular weight is 344 g/mol. The molecule has 1 N–H and O–H groups in total. The van der Waals surface area contributed by atoms with Crippen molar-refractivity contribution in [2.24, 2.45) is 5.92 Å². The van der Waals surface area contributed by atoms with E-state index in [4.69, 9.17) is 4.74 Å². The number of esters is 1. The smallest absolute Gasteiger partial charge is 0.312 e. The van der Waals surface area contributed by atoms with E-state index in [9.17, 15) is 14.4 Å². The fourth-order valence-corrected chi connectivity index (χ4v) is 2.82. The average Bonchev–Trinajstić information content (AvgIpc) is 3.01. The van der Waals surface area contributed by atoms with Gasteiger partial charge in [0.2, 0.25) is 5.91 Å². The predicted octanol–water partition coefficient (Wildman–Crippen LogP) is 1.83. The maximum Gasteiger partial charge on any atom is 0.312 e. The number of rotatable bonds is 7. The Kier molecular flexibility index (Phi) is 6.33. The molecule has 3 atom stereocenters. The van der Waals surface area contributed by atoms with E-state index >= 15 is 0 Å². The largest absolute Gasteiger partial charge is 0.452 e. The van der Waals surface area contributed by atoms with Crippen molar-refractivity contribution >= 4 is 17.8 Å². The molecule has 1 heterocycles. The van der Waals surface area contributed by atoms with Gasteiger partial charge in [-0.2, -0.15) is 0 Å². The summed E-state index contributed by atoms with van der Waals surface area (Å²) in [5.74, 6) is -1.53. The molecule has 0 unspecified atom stereocenters. The third-order valence-electron chi connectivity index (χ3n) is 4.32. The van der Waals surface area contributed by atoms with Crippen molar-refractivity contribution in [2.75, 3.05) is 13.1 Å². The van der Waals surface area contributed by atoms with E-state index in [2.05, 4.69) is 11.9 Å². The normalized spacial score (nSPS) is 19.2. The number of ether oxygens (including phenoxy) is 1. The highest BCUT2D eigenvalue weighted by atomic mass is 16.5. The van der Waals surface area contributed by atoms with Crippen molar-refractivity contribution in [3.8, 4) is 0 Å². The molecule has 1 aliphatic heterocycles. The number of benzene rings is 1. The van der Waals surface area contributed by atoms with E-state index in [0.29, 0.717) is 13.1 Å². The number of carbonyl (C=O) groups excluding carboxylic acids is 3. The van der Waals surface area contributed by atoms with Gasteiger partial charge < -0.3 is 15.0 Å². The first-order chi connectivity index (χ1) is 11.9.